The number of ether oxygens (including phenoxy) is 1. The second-order valence-electron chi connectivity index (χ2n) is 1.33. The van der Waals surface area contributed by atoms with Gasteiger partial charge in [0.15, 0.2) is 5.05 Å². The summed E-state index contributed by atoms with van der Waals surface area (Å²) < 4.78 is 4.70. The quantitative estimate of drug-likeness (QED) is 0.417. The van der Waals surface area contributed by atoms with E-state index in [1.54, 1.807) is 13.2 Å². The third kappa shape index (κ3) is 3.81. The van der Waals surface area contributed by atoms with Gasteiger partial charge in [0.1, 0.15) is 0 Å². The highest BCUT2D eigenvalue weighted by atomic mass is 32.1. The van der Waals surface area contributed by atoms with E-state index < -0.39 is 0 Å². The average molecular weight is 130 g/mol. The Balaban J connectivity index is 3.37. The number of hydrogen-bond donors (Lipinski definition) is 0. The molecule has 0 aliphatic rings. The summed E-state index contributed by atoms with van der Waals surface area (Å²) in [6.07, 6.45) is 4.75. The summed E-state index contributed by atoms with van der Waals surface area (Å²) in [4.78, 5) is 0. The molecule has 0 saturated carbocycles. The topological polar surface area (TPSA) is 9.23 Å². The van der Waals surface area contributed by atoms with Gasteiger partial charge in [0.2, 0.25) is 0 Å². The zero-order chi connectivity index (χ0) is 6.41. The van der Waals surface area contributed by atoms with E-state index in [4.69, 9.17) is 17.0 Å². The van der Waals surface area contributed by atoms with Crippen molar-refractivity contribution in [2.45, 2.75) is 13.3 Å². The molecule has 0 spiro atoms. The summed E-state index contributed by atoms with van der Waals surface area (Å²) in [6, 6.07) is 0. The van der Waals surface area contributed by atoms with Gasteiger partial charge in [-0.1, -0.05) is 13.0 Å². The fraction of sp³-hybridized carbons (Fsp3) is 0.500. The lowest BCUT2D eigenvalue weighted by Gasteiger charge is -1.90. The smallest absolute Gasteiger partial charge is 0.183 e. The average Bonchev–Trinajstić information content (AvgIpc) is 1.83. The standard InChI is InChI=1S/C6H10OS/c1-3-4-5-6(8)7-2/h4-5H,3H2,1-2H3. The van der Waals surface area contributed by atoms with Crippen LogP contribution in [-0.2, 0) is 4.74 Å². The highest BCUT2D eigenvalue weighted by Crippen LogP contribution is 1.84. The van der Waals surface area contributed by atoms with Crippen LogP contribution in [0.2, 0.25) is 0 Å². The van der Waals surface area contributed by atoms with Crippen molar-refractivity contribution in [1.29, 1.82) is 0 Å². The molecule has 0 fully saturated rings. The molecule has 46 valence electrons. The Kier molecular flexibility index (Phi) is 4.56. The van der Waals surface area contributed by atoms with Gasteiger partial charge < -0.3 is 4.74 Å². The van der Waals surface area contributed by atoms with Gasteiger partial charge in [-0.25, -0.2) is 0 Å². The third-order valence-corrected chi connectivity index (χ3v) is 0.994. The molecule has 0 aromatic rings. The molecule has 2 heteroatoms. The van der Waals surface area contributed by atoms with Gasteiger partial charge in [-0.05, 0) is 24.7 Å². The summed E-state index contributed by atoms with van der Waals surface area (Å²) in [5.41, 5.74) is 0. The highest BCUT2D eigenvalue weighted by Gasteiger charge is 1.79. The molecule has 0 radical (unpaired) electrons. The zero-order valence-electron chi connectivity index (χ0n) is 5.18. The fourth-order valence-electron chi connectivity index (χ4n) is 0.282. The highest BCUT2D eigenvalue weighted by molar-refractivity contribution is 7.80. The minimum Gasteiger partial charge on any atom is -0.487 e. The molecule has 0 aliphatic heterocycles. The molecule has 0 unspecified atom stereocenters. The lowest BCUT2D eigenvalue weighted by Crippen LogP contribution is -1.89. The summed E-state index contributed by atoms with van der Waals surface area (Å²) >= 11 is 4.71. The van der Waals surface area contributed by atoms with Crippen LogP contribution >= 0.6 is 12.2 Å². The number of hydrogen-bond acceptors (Lipinski definition) is 2. The molecule has 0 rings (SSSR count). The van der Waals surface area contributed by atoms with Gasteiger partial charge in [0.25, 0.3) is 0 Å². The predicted molar refractivity (Wildman–Crippen MR) is 39.0 cm³/mol. The maximum atomic E-state index is 4.71. The van der Waals surface area contributed by atoms with E-state index in [1.807, 2.05) is 6.08 Å². The SMILES string of the molecule is CCC=CC(=S)OC. The first kappa shape index (κ1) is 7.63. The number of rotatable bonds is 2. The van der Waals surface area contributed by atoms with Gasteiger partial charge in [-0.3, -0.25) is 0 Å². The van der Waals surface area contributed by atoms with Gasteiger partial charge >= 0.3 is 0 Å². The van der Waals surface area contributed by atoms with Crippen LogP contribution in [0.3, 0.4) is 0 Å². The zero-order valence-corrected chi connectivity index (χ0v) is 5.99. The Hall–Kier alpha value is -0.370. The second kappa shape index (κ2) is 4.78. The summed E-state index contributed by atoms with van der Waals surface area (Å²) in [6.45, 7) is 2.05. The molecule has 1 nitrogen and oxygen atoms in total. The van der Waals surface area contributed by atoms with E-state index in [9.17, 15) is 0 Å². The Morgan fingerprint density at radius 2 is 2.38 bits per heavy atom. The Bertz CT molecular complexity index is 96.7. The first-order valence-electron chi connectivity index (χ1n) is 2.55. The van der Waals surface area contributed by atoms with E-state index in [0.29, 0.717) is 5.05 Å². The van der Waals surface area contributed by atoms with Gasteiger partial charge in [-0.2, -0.15) is 0 Å². The van der Waals surface area contributed by atoms with Crippen LogP contribution in [0.1, 0.15) is 13.3 Å². The van der Waals surface area contributed by atoms with Crippen molar-refractivity contribution >= 4 is 17.3 Å². The number of methoxy groups -OCH3 is 1. The maximum absolute atomic E-state index is 4.71. The van der Waals surface area contributed by atoms with Crippen molar-refractivity contribution in [3.63, 3.8) is 0 Å². The van der Waals surface area contributed by atoms with Gasteiger partial charge in [0, 0.05) is 0 Å². The number of allylic oxidation sites excluding steroid dienone is 1. The van der Waals surface area contributed by atoms with Crippen LogP contribution in [0.5, 0.6) is 0 Å². The van der Waals surface area contributed by atoms with Crippen LogP contribution in [-0.4, -0.2) is 12.2 Å². The second-order valence-corrected chi connectivity index (χ2v) is 1.74. The molecular weight excluding hydrogens is 120 g/mol. The van der Waals surface area contributed by atoms with Crippen LogP contribution < -0.4 is 0 Å². The van der Waals surface area contributed by atoms with Crippen molar-refractivity contribution in [3.8, 4) is 0 Å². The van der Waals surface area contributed by atoms with Crippen LogP contribution in [0.4, 0.5) is 0 Å². The summed E-state index contributed by atoms with van der Waals surface area (Å²) in [5.74, 6) is 0. The van der Waals surface area contributed by atoms with Crippen LogP contribution in [0, 0.1) is 0 Å². The molecule has 0 heterocycles. The van der Waals surface area contributed by atoms with Crippen molar-refractivity contribution in [2.24, 2.45) is 0 Å². The Morgan fingerprint density at radius 3 is 2.75 bits per heavy atom. The molecule has 0 saturated heterocycles. The van der Waals surface area contributed by atoms with E-state index >= 15 is 0 Å². The van der Waals surface area contributed by atoms with E-state index in [0.717, 1.165) is 6.42 Å². The predicted octanol–water partition coefficient (Wildman–Crippen LogP) is 1.93. The molecule has 0 aromatic heterocycles. The number of thiocarbonyl (C=S) groups is 1. The van der Waals surface area contributed by atoms with Crippen LogP contribution in [0.25, 0.3) is 0 Å². The minimum absolute atomic E-state index is 0.548. The molecule has 8 heavy (non-hydrogen) atoms. The third-order valence-electron chi connectivity index (χ3n) is 0.691. The largest absolute Gasteiger partial charge is 0.487 e. The van der Waals surface area contributed by atoms with Gasteiger partial charge in [-0.15, -0.1) is 0 Å². The Morgan fingerprint density at radius 1 is 1.75 bits per heavy atom. The Labute approximate surface area is 55.3 Å². The van der Waals surface area contributed by atoms with E-state index in [1.165, 1.54) is 0 Å². The lowest BCUT2D eigenvalue weighted by atomic mass is 10.4. The van der Waals surface area contributed by atoms with Crippen LogP contribution in [0.15, 0.2) is 12.2 Å². The van der Waals surface area contributed by atoms with Crippen molar-refractivity contribution in [3.05, 3.63) is 12.2 Å². The van der Waals surface area contributed by atoms with Crippen molar-refractivity contribution in [1.82, 2.24) is 0 Å². The lowest BCUT2D eigenvalue weighted by molar-refractivity contribution is 0.418. The normalized spacial score (nSPS) is 9.75. The maximum Gasteiger partial charge on any atom is 0.183 e. The molecule has 0 N–H and O–H groups in total. The van der Waals surface area contributed by atoms with E-state index in [2.05, 4.69) is 6.92 Å². The van der Waals surface area contributed by atoms with Gasteiger partial charge in [0.05, 0.1) is 7.11 Å². The van der Waals surface area contributed by atoms with Crippen molar-refractivity contribution in [2.75, 3.05) is 7.11 Å². The summed E-state index contributed by atoms with van der Waals surface area (Å²) in [5, 5.41) is 0.548. The first-order chi connectivity index (χ1) is 3.81. The monoisotopic (exact) mass is 130 g/mol. The molecule has 0 atom stereocenters. The minimum atomic E-state index is 0.548. The molecule has 0 aromatic carbocycles. The molecule has 0 amide bonds. The molecular formula is C6H10OS. The fourth-order valence-corrected chi connectivity index (χ4v) is 0.378. The molecule has 0 aliphatic carbocycles. The molecule has 0 bridgehead atoms. The summed E-state index contributed by atoms with van der Waals surface area (Å²) in [7, 11) is 1.57. The van der Waals surface area contributed by atoms with E-state index in [-0.39, 0.29) is 0 Å². The first-order valence-corrected chi connectivity index (χ1v) is 2.96. The van der Waals surface area contributed by atoms with Crippen molar-refractivity contribution < 1.29 is 4.74 Å².